The first-order valence-electron chi connectivity index (χ1n) is 9.20. The van der Waals surface area contributed by atoms with Crippen LogP contribution < -0.4 is 15.4 Å². The number of benzene rings is 2. The molecule has 0 aliphatic heterocycles. The van der Waals surface area contributed by atoms with Gasteiger partial charge in [-0.05, 0) is 17.7 Å². The third-order valence-corrected chi connectivity index (χ3v) is 5.07. The Balaban J connectivity index is 1.73. The summed E-state index contributed by atoms with van der Waals surface area (Å²) in [5.41, 5.74) is 1.76. The molecule has 2 amide bonds. The number of hydrogen-bond acceptors (Lipinski definition) is 7. The molecule has 30 heavy (non-hydrogen) atoms. The smallest absolute Gasteiger partial charge is 0.249 e. The maximum atomic E-state index is 12.9. The van der Waals surface area contributed by atoms with Crippen molar-refractivity contribution in [3.63, 3.8) is 0 Å². The highest BCUT2D eigenvalue weighted by molar-refractivity contribution is 7.18. The standard InChI is InChI=1S/C21H22N4O4S/c1-28-13-18(26)22-17(11-14-7-4-3-5-8-14)19(27)23-21-25-24-20(30-21)15-9-6-10-16(12-15)29-2/h3-10,12,17H,11,13H2,1-2H3,(H,22,26)(H,23,25,27). The topological polar surface area (TPSA) is 102 Å². The lowest BCUT2D eigenvalue weighted by Gasteiger charge is -2.17. The van der Waals surface area contributed by atoms with Gasteiger partial charge in [-0.2, -0.15) is 0 Å². The second-order valence-electron chi connectivity index (χ2n) is 6.38. The van der Waals surface area contributed by atoms with E-state index in [1.807, 2.05) is 54.6 Å². The Kier molecular flexibility index (Phi) is 7.47. The van der Waals surface area contributed by atoms with E-state index in [9.17, 15) is 9.59 Å². The van der Waals surface area contributed by atoms with Crippen LogP contribution in [0.5, 0.6) is 5.75 Å². The molecule has 0 fully saturated rings. The number of hydrogen-bond donors (Lipinski definition) is 2. The fourth-order valence-electron chi connectivity index (χ4n) is 2.77. The van der Waals surface area contributed by atoms with Crippen LogP contribution in [0.4, 0.5) is 5.13 Å². The van der Waals surface area contributed by atoms with Crippen LogP contribution >= 0.6 is 11.3 Å². The summed E-state index contributed by atoms with van der Waals surface area (Å²) in [5, 5.41) is 14.6. The maximum Gasteiger partial charge on any atom is 0.249 e. The average molecular weight is 426 g/mol. The quantitative estimate of drug-likeness (QED) is 0.545. The van der Waals surface area contributed by atoms with E-state index in [4.69, 9.17) is 9.47 Å². The molecule has 2 N–H and O–H groups in total. The number of rotatable bonds is 9. The van der Waals surface area contributed by atoms with Crippen molar-refractivity contribution < 1.29 is 19.1 Å². The summed E-state index contributed by atoms with van der Waals surface area (Å²) in [6.07, 6.45) is 0.337. The SMILES string of the molecule is COCC(=O)NC(Cc1ccccc1)C(=O)Nc1nnc(-c2cccc(OC)c2)s1. The Hall–Kier alpha value is -3.30. The summed E-state index contributed by atoms with van der Waals surface area (Å²) in [4.78, 5) is 24.9. The first-order valence-corrected chi connectivity index (χ1v) is 10.0. The van der Waals surface area contributed by atoms with Gasteiger partial charge in [-0.1, -0.05) is 53.8 Å². The molecule has 9 heteroatoms. The van der Waals surface area contributed by atoms with Gasteiger partial charge in [-0.15, -0.1) is 10.2 Å². The molecule has 0 aliphatic carbocycles. The molecule has 0 saturated carbocycles. The fraction of sp³-hybridized carbons (Fsp3) is 0.238. The van der Waals surface area contributed by atoms with Crippen LogP contribution in [0.2, 0.25) is 0 Å². The van der Waals surface area contributed by atoms with Gasteiger partial charge >= 0.3 is 0 Å². The van der Waals surface area contributed by atoms with Crippen LogP contribution in [0.1, 0.15) is 5.56 Å². The average Bonchev–Trinajstić information content (AvgIpc) is 3.23. The van der Waals surface area contributed by atoms with Crippen molar-refractivity contribution in [3.05, 3.63) is 60.2 Å². The molecule has 1 aromatic heterocycles. The second-order valence-corrected chi connectivity index (χ2v) is 7.35. The number of carbonyl (C=O) groups is 2. The Bertz CT molecular complexity index is 993. The van der Waals surface area contributed by atoms with E-state index in [1.165, 1.54) is 18.4 Å². The molecule has 8 nitrogen and oxygen atoms in total. The van der Waals surface area contributed by atoms with Gasteiger partial charge in [0.15, 0.2) is 0 Å². The van der Waals surface area contributed by atoms with Crippen molar-refractivity contribution >= 4 is 28.3 Å². The summed E-state index contributed by atoms with van der Waals surface area (Å²) >= 11 is 1.24. The van der Waals surface area contributed by atoms with Crippen molar-refractivity contribution in [1.82, 2.24) is 15.5 Å². The van der Waals surface area contributed by atoms with E-state index < -0.39 is 6.04 Å². The largest absolute Gasteiger partial charge is 0.497 e. The number of carbonyl (C=O) groups excluding carboxylic acids is 2. The summed E-state index contributed by atoms with van der Waals surface area (Å²) in [7, 11) is 3.02. The number of amides is 2. The predicted molar refractivity (Wildman–Crippen MR) is 114 cm³/mol. The second kappa shape index (κ2) is 10.5. The van der Waals surface area contributed by atoms with Crippen LogP contribution in [0.15, 0.2) is 54.6 Å². The number of nitrogens with one attached hydrogen (secondary N) is 2. The number of anilines is 1. The highest BCUT2D eigenvalue weighted by atomic mass is 32.1. The molecule has 0 radical (unpaired) electrons. The minimum atomic E-state index is -0.779. The first kappa shape index (κ1) is 21.4. The predicted octanol–water partition coefficient (Wildman–Crippen LogP) is 2.53. The molecule has 1 heterocycles. The number of methoxy groups -OCH3 is 2. The molecule has 156 valence electrons. The minimum Gasteiger partial charge on any atom is -0.497 e. The van der Waals surface area contributed by atoms with Crippen LogP contribution in [0.25, 0.3) is 10.6 Å². The lowest BCUT2D eigenvalue weighted by atomic mass is 10.1. The molecule has 0 bridgehead atoms. The normalized spacial score (nSPS) is 11.5. The van der Waals surface area contributed by atoms with E-state index in [2.05, 4.69) is 20.8 Å². The molecule has 2 aromatic carbocycles. The highest BCUT2D eigenvalue weighted by Gasteiger charge is 2.22. The molecular weight excluding hydrogens is 404 g/mol. The van der Waals surface area contributed by atoms with Gasteiger partial charge in [0.1, 0.15) is 23.4 Å². The molecule has 3 rings (SSSR count). The third-order valence-electron chi connectivity index (χ3n) is 4.18. The number of aromatic nitrogens is 2. The van der Waals surface area contributed by atoms with Gasteiger partial charge in [-0.25, -0.2) is 0 Å². The van der Waals surface area contributed by atoms with Gasteiger partial charge in [-0.3, -0.25) is 14.9 Å². The zero-order valence-electron chi connectivity index (χ0n) is 16.6. The van der Waals surface area contributed by atoms with E-state index >= 15 is 0 Å². The van der Waals surface area contributed by atoms with Crippen molar-refractivity contribution in [3.8, 4) is 16.3 Å². The Labute approximate surface area is 178 Å². The molecule has 0 spiro atoms. The highest BCUT2D eigenvalue weighted by Crippen LogP contribution is 2.28. The first-order chi connectivity index (χ1) is 14.6. The van der Waals surface area contributed by atoms with Crippen LogP contribution in [-0.4, -0.2) is 48.9 Å². The Morgan fingerprint density at radius 2 is 1.87 bits per heavy atom. The third kappa shape index (κ3) is 5.85. The van der Waals surface area contributed by atoms with E-state index in [0.29, 0.717) is 22.3 Å². The van der Waals surface area contributed by atoms with Gasteiger partial charge in [0.05, 0.1) is 7.11 Å². The zero-order valence-corrected chi connectivity index (χ0v) is 17.4. The Morgan fingerprint density at radius 1 is 1.07 bits per heavy atom. The van der Waals surface area contributed by atoms with E-state index in [-0.39, 0.29) is 18.4 Å². The monoisotopic (exact) mass is 426 g/mol. The van der Waals surface area contributed by atoms with Gasteiger partial charge in [0.2, 0.25) is 16.9 Å². The van der Waals surface area contributed by atoms with Crippen molar-refractivity contribution in [2.45, 2.75) is 12.5 Å². The summed E-state index contributed by atoms with van der Waals surface area (Å²) in [5.74, 6) is -0.0448. The maximum absolute atomic E-state index is 12.9. The molecule has 1 unspecified atom stereocenters. The van der Waals surface area contributed by atoms with Crippen LogP contribution in [-0.2, 0) is 20.7 Å². The van der Waals surface area contributed by atoms with Crippen LogP contribution in [0, 0.1) is 0 Å². The van der Waals surface area contributed by atoms with Crippen LogP contribution in [0.3, 0.4) is 0 Å². The minimum absolute atomic E-state index is 0.128. The molecule has 1 atom stereocenters. The lowest BCUT2D eigenvalue weighted by Crippen LogP contribution is -2.46. The van der Waals surface area contributed by atoms with Crippen molar-refractivity contribution in [1.29, 1.82) is 0 Å². The summed E-state index contributed by atoms with van der Waals surface area (Å²) < 4.78 is 10.1. The summed E-state index contributed by atoms with van der Waals surface area (Å²) in [6.45, 7) is -0.128. The van der Waals surface area contributed by atoms with Crippen molar-refractivity contribution in [2.24, 2.45) is 0 Å². The Morgan fingerprint density at radius 3 is 2.60 bits per heavy atom. The number of ether oxygens (including phenoxy) is 2. The van der Waals surface area contributed by atoms with E-state index in [1.54, 1.807) is 7.11 Å². The summed E-state index contributed by atoms with van der Waals surface area (Å²) in [6, 6.07) is 16.1. The molecule has 0 saturated heterocycles. The zero-order chi connectivity index (χ0) is 21.3. The molecule has 3 aromatic rings. The van der Waals surface area contributed by atoms with E-state index in [0.717, 1.165) is 11.1 Å². The molecule has 0 aliphatic rings. The molecular formula is C21H22N4O4S. The van der Waals surface area contributed by atoms with Gasteiger partial charge < -0.3 is 14.8 Å². The van der Waals surface area contributed by atoms with Gasteiger partial charge in [0, 0.05) is 19.1 Å². The fourth-order valence-corrected chi connectivity index (χ4v) is 3.51. The van der Waals surface area contributed by atoms with Crippen molar-refractivity contribution in [2.75, 3.05) is 26.1 Å². The van der Waals surface area contributed by atoms with Gasteiger partial charge in [0.25, 0.3) is 0 Å². The number of nitrogens with zero attached hydrogens (tertiary/aromatic N) is 2. The lowest BCUT2D eigenvalue weighted by molar-refractivity contribution is -0.129.